The van der Waals surface area contributed by atoms with Gasteiger partial charge in [0.25, 0.3) is 10.0 Å². The molecule has 0 saturated heterocycles. The van der Waals surface area contributed by atoms with Gasteiger partial charge >= 0.3 is 0 Å². The SMILES string of the molecule is CCCn1cc(S(=O)(=O)NC(CC)CC#N)nc1C. The summed E-state index contributed by atoms with van der Waals surface area (Å²) in [6, 6.07) is 1.61. The van der Waals surface area contributed by atoms with Crippen LogP contribution in [0.3, 0.4) is 0 Å². The zero-order valence-corrected chi connectivity index (χ0v) is 12.4. The van der Waals surface area contributed by atoms with E-state index < -0.39 is 10.0 Å². The van der Waals surface area contributed by atoms with E-state index >= 15 is 0 Å². The Kier molecular flexibility index (Phi) is 5.51. The van der Waals surface area contributed by atoms with E-state index in [0.717, 1.165) is 13.0 Å². The van der Waals surface area contributed by atoms with E-state index in [1.807, 2.05) is 24.5 Å². The van der Waals surface area contributed by atoms with Crippen LogP contribution in [0, 0.1) is 18.3 Å². The number of imidazole rings is 1. The van der Waals surface area contributed by atoms with Crippen LogP contribution in [0.25, 0.3) is 0 Å². The van der Waals surface area contributed by atoms with Crippen molar-refractivity contribution in [2.24, 2.45) is 0 Å². The molecule has 19 heavy (non-hydrogen) atoms. The predicted molar refractivity (Wildman–Crippen MR) is 71.9 cm³/mol. The highest BCUT2D eigenvalue weighted by molar-refractivity contribution is 7.89. The molecule has 7 heteroatoms. The van der Waals surface area contributed by atoms with Crippen LogP contribution < -0.4 is 4.72 Å². The van der Waals surface area contributed by atoms with Gasteiger partial charge < -0.3 is 4.57 Å². The first kappa shape index (κ1) is 15.7. The molecule has 0 bridgehead atoms. The summed E-state index contributed by atoms with van der Waals surface area (Å²) in [5.74, 6) is 0.676. The first-order valence-corrected chi connectivity index (χ1v) is 7.86. The summed E-state index contributed by atoms with van der Waals surface area (Å²) >= 11 is 0. The van der Waals surface area contributed by atoms with Crippen molar-refractivity contribution >= 4 is 10.0 Å². The van der Waals surface area contributed by atoms with Gasteiger partial charge in [-0.3, -0.25) is 0 Å². The number of hydrogen-bond donors (Lipinski definition) is 1. The fourth-order valence-corrected chi connectivity index (χ4v) is 3.06. The van der Waals surface area contributed by atoms with Gasteiger partial charge in [0.1, 0.15) is 5.82 Å². The maximum absolute atomic E-state index is 12.1. The molecule has 1 aromatic rings. The van der Waals surface area contributed by atoms with Crippen LogP contribution in [0.1, 0.15) is 38.9 Å². The molecule has 0 fully saturated rings. The zero-order valence-electron chi connectivity index (χ0n) is 11.5. The minimum absolute atomic E-state index is 0.0230. The average Bonchev–Trinajstić information content (AvgIpc) is 2.72. The molecular formula is C12H20N4O2S. The van der Waals surface area contributed by atoms with Crippen LogP contribution in [-0.4, -0.2) is 24.0 Å². The van der Waals surface area contributed by atoms with Gasteiger partial charge in [-0.2, -0.15) is 5.26 Å². The highest BCUT2D eigenvalue weighted by Crippen LogP contribution is 2.11. The van der Waals surface area contributed by atoms with E-state index in [4.69, 9.17) is 5.26 Å². The molecule has 1 aromatic heterocycles. The normalized spacial score (nSPS) is 13.2. The fourth-order valence-electron chi connectivity index (χ4n) is 1.74. The average molecular weight is 284 g/mol. The Balaban J connectivity index is 2.94. The lowest BCUT2D eigenvalue weighted by atomic mass is 10.2. The Morgan fingerprint density at radius 1 is 1.53 bits per heavy atom. The minimum atomic E-state index is -3.65. The summed E-state index contributed by atoms with van der Waals surface area (Å²) in [5.41, 5.74) is 0. The van der Waals surface area contributed by atoms with E-state index in [9.17, 15) is 8.42 Å². The molecule has 1 heterocycles. The van der Waals surface area contributed by atoms with Crippen molar-refractivity contribution in [3.8, 4) is 6.07 Å². The van der Waals surface area contributed by atoms with Crippen LogP contribution >= 0.6 is 0 Å². The third-order valence-corrected chi connectivity index (χ3v) is 4.24. The van der Waals surface area contributed by atoms with Crippen LogP contribution in [0.5, 0.6) is 0 Å². The quantitative estimate of drug-likeness (QED) is 0.823. The van der Waals surface area contributed by atoms with E-state index in [-0.39, 0.29) is 17.5 Å². The Hall–Kier alpha value is -1.39. The Labute approximate surface area is 114 Å². The van der Waals surface area contributed by atoms with E-state index in [2.05, 4.69) is 9.71 Å². The van der Waals surface area contributed by atoms with Gasteiger partial charge in [-0.15, -0.1) is 0 Å². The second-order valence-electron chi connectivity index (χ2n) is 4.41. The topological polar surface area (TPSA) is 87.8 Å². The largest absolute Gasteiger partial charge is 0.334 e. The van der Waals surface area contributed by atoms with E-state index in [1.165, 1.54) is 0 Å². The molecular weight excluding hydrogens is 264 g/mol. The summed E-state index contributed by atoms with van der Waals surface area (Å²) in [6.45, 7) is 6.38. The summed E-state index contributed by atoms with van der Waals surface area (Å²) in [4.78, 5) is 4.08. The summed E-state index contributed by atoms with van der Waals surface area (Å²) in [7, 11) is -3.65. The summed E-state index contributed by atoms with van der Waals surface area (Å²) in [5, 5.41) is 8.67. The molecule has 0 aromatic carbocycles. The molecule has 6 nitrogen and oxygen atoms in total. The highest BCUT2D eigenvalue weighted by atomic mass is 32.2. The number of sulfonamides is 1. The second-order valence-corrected chi connectivity index (χ2v) is 6.07. The van der Waals surface area contributed by atoms with Crippen molar-refractivity contribution in [3.05, 3.63) is 12.0 Å². The molecule has 106 valence electrons. The molecule has 1 atom stereocenters. The molecule has 0 saturated carbocycles. The van der Waals surface area contributed by atoms with Gasteiger partial charge in [0, 0.05) is 18.8 Å². The molecule has 0 spiro atoms. The monoisotopic (exact) mass is 284 g/mol. The van der Waals surface area contributed by atoms with Gasteiger partial charge in [-0.05, 0) is 19.8 Å². The van der Waals surface area contributed by atoms with Gasteiger partial charge in [0.2, 0.25) is 0 Å². The highest BCUT2D eigenvalue weighted by Gasteiger charge is 2.22. The van der Waals surface area contributed by atoms with Crippen molar-refractivity contribution in [2.45, 2.75) is 57.6 Å². The van der Waals surface area contributed by atoms with Crippen molar-refractivity contribution in [3.63, 3.8) is 0 Å². The number of hydrogen-bond acceptors (Lipinski definition) is 4. The number of aryl methyl sites for hydroxylation is 2. The lowest BCUT2D eigenvalue weighted by Crippen LogP contribution is -2.34. The van der Waals surface area contributed by atoms with Crippen LogP contribution in [0.15, 0.2) is 11.2 Å². The number of nitriles is 1. The fraction of sp³-hybridized carbons (Fsp3) is 0.667. The summed E-state index contributed by atoms with van der Waals surface area (Å²) < 4.78 is 28.6. The van der Waals surface area contributed by atoms with E-state index in [1.54, 1.807) is 13.1 Å². The third kappa shape index (κ3) is 4.04. The van der Waals surface area contributed by atoms with Crippen LogP contribution in [0.2, 0.25) is 0 Å². The first-order valence-electron chi connectivity index (χ1n) is 6.37. The Morgan fingerprint density at radius 2 is 2.21 bits per heavy atom. The maximum Gasteiger partial charge on any atom is 0.259 e. The van der Waals surface area contributed by atoms with Crippen molar-refractivity contribution < 1.29 is 8.42 Å². The van der Waals surface area contributed by atoms with Gasteiger partial charge in [-0.1, -0.05) is 13.8 Å². The first-order chi connectivity index (χ1) is 8.94. The third-order valence-electron chi connectivity index (χ3n) is 2.85. The molecule has 1 rings (SSSR count). The molecule has 0 amide bonds. The molecule has 1 N–H and O–H groups in total. The zero-order chi connectivity index (χ0) is 14.5. The Morgan fingerprint density at radius 3 is 2.74 bits per heavy atom. The molecule has 0 radical (unpaired) electrons. The van der Waals surface area contributed by atoms with Gasteiger partial charge in [0.15, 0.2) is 5.03 Å². The molecule has 0 aliphatic carbocycles. The molecule has 1 unspecified atom stereocenters. The van der Waals surface area contributed by atoms with Crippen molar-refractivity contribution in [1.82, 2.24) is 14.3 Å². The minimum Gasteiger partial charge on any atom is -0.334 e. The lowest BCUT2D eigenvalue weighted by Gasteiger charge is -2.12. The maximum atomic E-state index is 12.1. The molecule has 0 aliphatic rings. The predicted octanol–water partition coefficient (Wildman–Crippen LogP) is 1.57. The van der Waals surface area contributed by atoms with Gasteiger partial charge in [-0.25, -0.2) is 18.1 Å². The smallest absolute Gasteiger partial charge is 0.259 e. The number of rotatable bonds is 7. The number of nitrogens with one attached hydrogen (secondary N) is 1. The van der Waals surface area contributed by atoms with Crippen LogP contribution in [-0.2, 0) is 16.6 Å². The Bertz CT molecular complexity index is 557. The number of nitrogens with zero attached hydrogens (tertiary/aromatic N) is 3. The lowest BCUT2D eigenvalue weighted by molar-refractivity contribution is 0.540. The summed E-state index contributed by atoms with van der Waals surface area (Å²) in [6.07, 6.45) is 3.18. The number of aromatic nitrogens is 2. The second kappa shape index (κ2) is 6.68. The van der Waals surface area contributed by atoms with E-state index in [0.29, 0.717) is 12.2 Å². The van der Waals surface area contributed by atoms with Crippen LogP contribution in [0.4, 0.5) is 0 Å². The van der Waals surface area contributed by atoms with Crippen molar-refractivity contribution in [2.75, 3.05) is 0 Å². The van der Waals surface area contributed by atoms with Crippen molar-refractivity contribution in [1.29, 1.82) is 5.26 Å². The standard InChI is InChI=1S/C12H20N4O2S/c1-4-8-16-9-12(14-10(16)3)19(17,18)15-11(5-2)6-7-13/h9,11,15H,4-6,8H2,1-3H3. The van der Waals surface area contributed by atoms with Gasteiger partial charge in [0.05, 0.1) is 12.5 Å². The molecule has 0 aliphatic heterocycles.